The molecule has 1 unspecified atom stereocenters. The van der Waals surface area contributed by atoms with Crippen LogP contribution in [0.3, 0.4) is 0 Å². The van der Waals surface area contributed by atoms with Gasteiger partial charge in [-0.15, -0.1) is 12.4 Å². The van der Waals surface area contributed by atoms with Gasteiger partial charge in [-0.25, -0.2) is 0 Å². The Balaban J connectivity index is 0.000000810. The molecule has 0 aliphatic carbocycles. The summed E-state index contributed by atoms with van der Waals surface area (Å²) >= 11 is 7.25. The first kappa shape index (κ1) is 10.2. The summed E-state index contributed by atoms with van der Waals surface area (Å²) in [4.78, 5) is 7.88. The minimum atomic E-state index is 0. The number of aromatic nitrogens is 2. The molecule has 0 aliphatic rings. The van der Waals surface area contributed by atoms with Crippen LogP contribution in [0.25, 0.3) is 0 Å². The van der Waals surface area contributed by atoms with Crippen LogP contribution in [-0.4, -0.2) is 26.8 Å². The number of hydrogen-bond donors (Lipinski definition) is 0. The number of nitrogens with zero attached hydrogens (tertiary/aromatic N) is 2. The van der Waals surface area contributed by atoms with Crippen LogP contribution < -0.4 is 0 Å². The predicted octanol–water partition coefficient (Wildman–Crippen LogP) is 0.685. The van der Waals surface area contributed by atoms with Crippen LogP contribution in [0.15, 0.2) is 12.4 Å². The Kier molecular flexibility index (Phi) is 5.06. The molecule has 0 saturated heterocycles. The Labute approximate surface area is 79.3 Å². The van der Waals surface area contributed by atoms with Crippen LogP contribution in [0.5, 0.6) is 0 Å². The first-order valence-corrected chi connectivity index (χ1v) is 4.59. The molecule has 0 aromatic carbocycles. The molecule has 0 N–H and O–H groups in total. The Bertz CT molecular complexity index is 207. The van der Waals surface area contributed by atoms with Crippen molar-refractivity contribution in [2.24, 2.45) is 0 Å². The average molecular weight is 241 g/mol. The molecular formula is C5H7AsCl2N2. The molecule has 0 spiro atoms. The van der Waals surface area contributed by atoms with Crippen molar-refractivity contribution in [3.63, 3.8) is 0 Å². The Morgan fingerprint density at radius 2 is 2.00 bits per heavy atom. The van der Waals surface area contributed by atoms with Crippen LogP contribution in [0.4, 0.5) is 0 Å². The van der Waals surface area contributed by atoms with E-state index in [1.807, 2.05) is 0 Å². The van der Waals surface area contributed by atoms with E-state index in [-0.39, 0.29) is 12.4 Å². The molecule has 1 rings (SSSR count). The van der Waals surface area contributed by atoms with Crippen LogP contribution in [-0.2, 0) is 5.21 Å². The molecule has 1 atom stereocenters. The summed E-state index contributed by atoms with van der Waals surface area (Å²) in [5.74, 6) is 0. The van der Waals surface area contributed by atoms with Crippen molar-refractivity contribution in [2.75, 3.05) is 0 Å². The van der Waals surface area contributed by atoms with E-state index in [0.29, 0.717) is 5.15 Å². The molecule has 0 radical (unpaired) electrons. The van der Waals surface area contributed by atoms with E-state index in [2.05, 4.69) is 9.97 Å². The van der Waals surface area contributed by atoms with Crippen molar-refractivity contribution in [2.45, 2.75) is 5.21 Å². The van der Waals surface area contributed by atoms with Crippen molar-refractivity contribution >= 4 is 40.9 Å². The van der Waals surface area contributed by atoms with Gasteiger partial charge in [-0.3, -0.25) is 0 Å². The third kappa shape index (κ3) is 2.45. The molecule has 5 heteroatoms. The maximum absolute atomic E-state index is 5.66. The standard InChI is InChI=1S/C5H6AsClN2.ClH/c6-3-4-5(7)9-2-1-8-4;/h1-2H,3,6H2;1H. The van der Waals surface area contributed by atoms with Gasteiger partial charge in [-0.05, 0) is 0 Å². The van der Waals surface area contributed by atoms with Gasteiger partial charge in [0, 0.05) is 0 Å². The molecule has 0 bridgehead atoms. The van der Waals surface area contributed by atoms with E-state index in [0.717, 1.165) is 10.9 Å². The molecule has 0 aliphatic heterocycles. The zero-order valence-corrected chi connectivity index (χ0v) is 9.11. The van der Waals surface area contributed by atoms with E-state index in [1.165, 1.54) is 0 Å². The third-order valence-electron chi connectivity index (χ3n) is 0.916. The summed E-state index contributed by atoms with van der Waals surface area (Å²) in [6.07, 6.45) is 3.25. The van der Waals surface area contributed by atoms with E-state index < -0.39 is 0 Å². The van der Waals surface area contributed by atoms with Crippen molar-refractivity contribution in [1.29, 1.82) is 0 Å². The van der Waals surface area contributed by atoms with E-state index in [9.17, 15) is 0 Å². The van der Waals surface area contributed by atoms with Gasteiger partial charge < -0.3 is 0 Å². The normalized spacial score (nSPS) is 8.60. The van der Waals surface area contributed by atoms with Crippen LogP contribution >= 0.6 is 24.0 Å². The van der Waals surface area contributed by atoms with Gasteiger partial charge in [-0.2, -0.15) is 0 Å². The zero-order chi connectivity index (χ0) is 6.69. The van der Waals surface area contributed by atoms with Crippen LogP contribution in [0.1, 0.15) is 5.69 Å². The van der Waals surface area contributed by atoms with Gasteiger partial charge in [0.25, 0.3) is 0 Å². The summed E-state index contributed by atoms with van der Waals surface area (Å²) in [5.41, 5.74) is 0.888. The number of rotatable bonds is 1. The molecule has 0 amide bonds. The monoisotopic (exact) mass is 240 g/mol. The first-order valence-electron chi connectivity index (χ1n) is 2.50. The molecule has 2 nitrogen and oxygen atoms in total. The quantitative estimate of drug-likeness (QED) is 0.676. The minimum absolute atomic E-state index is 0. The topological polar surface area (TPSA) is 25.8 Å². The molecule has 10 heavy (non-hydrogen) atoms. The summed E-state index contributed by atoms with van der Waals surface area (Å²) < 4.78 is 0. The van der Waals surface area contributed by atoms with Gasteiger partial charge >= 0.3 is 66.9 Å². The summed E-state index contributed by atoms with van der Waals surface area (Å²) in [6, 6.07) is 0. The van der Waals surface area contributed by atoms with Gasteiger partial charge in [0.1, 0.15) is 0 Å². The molecule has 0 fully saturated rings. The predicted molar refractivity (Wildman–Crippen MR) is 46.5 cm³/mol. The van der Waals surface area contributed by atoms with Crippen molar-refractivity contribution < 1.29 is 0 Å². The molecule has 0 saturated carbocycles. The third-order valence-corrected chi connectivity index (χ3v) is 2.04. The number of halogens is 2. The molecular weight excluding hydrogens is 234 g/mol. The Morgan fingerprint density at radius 1 is 1.40 bits per heavy atom. The summed E-state index contributed by atoms with van der Waals surface area (Å²) in [6.45, 7) is 0. The van der Waals surface area contributed by atoms with Crippen molar-refractivity contribution in [1.82, 2.24) is 9.97 Å². The van der Waals surface area contributed by atoms with Gasteiger partial charge in [-0.1, -0.05) is 0 Å². The fourth-order valence-electron chi connectivity index (χ4n) is 0.487. The fourth-order valence-corrected chi connectivity index (χ4v) is 1.57. The fraction of sp³-hybridized carbons (Fsp3) is 0.200. The van der Waals surface area contributed by atoms with Crippen LogP contribution in [0.2, 0.25) is 5.15 Å². The van der Waals surface area contributed by atoms with E-state index in [1.54, 1.807) is 29.2 Å². The van der Waals surface area contributed by atoms with Crippen molar-refractivity contribution in [3.8, 4) is 0 Å². The Hall–Kier alpha value is 0.218. The molecule has 1 aromatic heterocycles. The zero-order valence-electron chi connectivity index (χ0n) is 5.12. The summed E-state index contributed by atoms with van der Waals surface area (Å²) in [7, 11) is 0. The second-order valence-corrected chi connectivity index (χ2v) is 2.71. The summed E-state index contributed by atoms with van der Waals surface area (Å²) in [5, 5.41) is 1.43. The average Bonchev–Trinajstić information content (AvgIpc) is 1.89. The number of hydrogen-bond acceptors (Lipinski definition) is 2. The first-order chi connectivity index (χ1) is 4.34. The van der Waals surface area contributed by atoms with Gasteiger partial charge in [0.2, 0.25) is 0 Å². The molecule has 56 valence electrons. The second kappa shape index (κ2) is 4.95. The van der Waals surface area contributed by atoms with Gasteiger partial charge in [0.05, 0.1) is 0 Å². The van der Waals surface area contributed by atoms with E-state index in [4.69, 9.17) is 11.6 Å². The SMILES string of the molecule is Cl.Clc1nccnc1C[AsH2]. The van der Waals surface area contributed by atoms with Crippen molar-refractivity contribution in [3.05, 3.63) is 23.2 Å². The molecule has 1 aromatic rings. The van der Waals surface area contributed by atoms with Crippen LogP contribution in [0, 0.1) is 0 Å². The molecule has 1 heterocycles. The van der Waals surface area contributed by atoms with E-state index >= 15 is 0 Å². The van der Waals surface area contributed by atoms with Gasteiger partial charge in [0.15, 0.2) is 0 Å². The second-order valence-electron chi connectivity index (χ2n) is 1.50. The Morgan fingerprint density at radius 3 is 2.40 bits per heavy atom. The maximum atomic E-state index is 5.66.